The molecule has 4 nitrogen and oxygen atoms in total. The first kappa shape index (κ1) is 12.4. The van der Waals surface area contributed by atoms with Crippen LogP contribution in [0.3, 0.4) is 0 Å². The van der Waals surface area contributed by atoms with Gasteiger partial charge in [-0.2, -0.15) is 0 Å². The number of rotatable bonds is 2. The number of hydrogen-bond donors (Lipinski definition) is 1. The summed E-state index contributed by atoms with van der Waals surface area (Å²) in [6.45, 7) is 3.91. The van der Waals surface area contributed by atoms with Crippen molar-refractivity contribution in [2.75, 3.05) is 5.73 Å². The van der Waals surface area contributed by atoms with Gasteiger partial charge in [-0.05, 0) is 17.5 Å². The van der Waals surface area contributed by atoms with Gasteiger partial charge in [0.15, 0.2) is 0 Å². The number of anilines is 1. The number of nitrogen functional groups attached to an aromatic ring is 1. The van der Waals surface area contributed by atoms with E-state index < -0.39 is 4.92 Å². The zero-order chi connectivity index (χ0) is 10.0. The first-order chi connectivity index (χ1) is 6.02. The minimum Gasteiger partial charge on any atom is -0.398 e. The molecule has 0 spiro atoms. The first-order valence-electron chi connectivity index (χ1n) is 4.06. The van der Waals surface area contributed by atoms with E-state index in [4.69, 9.17) is 5.73 Å². The fourth-order valence-electron chi connectivity index (χ4n) is 1.18. The summed E-state index contributed by atoms with van der Waals surface area (Å²) >= 11 is 0. The van der Waals surface area contributed by atoms with Crippen LogP contribution in [-0.4, -0.2) is 4.92 Å². The van der Waals surface area contributed by atoms with Crippen molar-refractivity contribution in [1.82, 2.24) is 0 Å². The Bertz CT molecular complexity index is 335. The van der Waals surface area contributed by atoms with Crippen LogP contribution in [0.15, 0.2) is 18.2 Å². The van der Waals surface area contributed by atoms with Gasteiger partial charge in [-0.15, -0.1) is 0 Å². The second-order valence-electron chi connectivity index (χ2n) is 3.23. The molecule has 14 heavy (non-hydrogen) atoms. The van der Waals surface area contributed by atoms with Gasteiger partial charge in [0.2, 0.25) is 0 Å². The number of non-ortho nitro benzene ring substituents is 1. The molecule has 0 aliphatic rings. The minimum absolute atomic E-state index is 0. The summed E-state index contributed by atoms with van der Waals surface area (Å²) in [4.78, 5) is 10.0. The first-order valence-corrected chi connectivity index (χ1v) is 4.06. The van der Waals surface area contributed by atoms with E-state index in [1.165, 1.54) is 12.1 Å². The maximum absolute atomic E-state index is 10.5. The van der Waals surface area contributed by atoms with Crippen LogP contribution >= 0.6 is 0 Å². The van der Waals surface area contributed by atoms with Gasteiger partial charge in [-0.1, -0.05) is 21.3 Å². The highest BCUT2D eigenvalue weighted by Crippen LogP contribution is 2.25. The van der Waals surface area contributed by atoms with Crippen LogP contribution in [0.2, 0.25) is 0 Å². The van der Waals surface area contributed by atoms with Crippen molar-refractivity contribution >= 4 is 11.4 Å². The Morgan fingerprint density at radius 1 is 1.43 bits per heavy atom. The third-order valence-electron chi connectivity index (χ3n) is 1.90. The van der Waals surface area contributed by atoms with E-state index in [1.54, 1.807) is 6.07 Å². The molecule has 0 aliphatic heterocycles. The summed E-state index contributed by atoms with van der Waals surface area (Å²) in [5, 5.41) is 10.5. The zero-order valence-electron chi connectivity index (χ0n) is 7.65. The van der Waals surface area contributed by atoms with Gasteiger partial charge in [0.1, 0.15) is 0 Å². The number of hydrogen-bond acceptors (Lipinski definition) is 3. The van der Waals surface area contributed by atoms with Gasteiger partial charge in [0.05, 0.1) is 4.92 Å². The third-order valence-corrected chi connectivity index (χ3v) is 1.90. The highest BCUT2D eigenvalue weighted by atomic mass is 16.6. The fourth-order valence-corrected chi connectivity index (χ4v) is 1.18. The SMILES string of the molecule is C.CC(C)c1cc([N+](=O)[O-])ccc1N. The zero-order valence-corrected chi connectivity index (χ0v) is 7.65. The standard InChI is InChI=1S/C9H12N2O2.CH4/c1-6(2)8-5-7(11(12)13)3-4-9(8)10;/h3-6H,10H2,1-2H3;1H4. The quantitative estimate of drug-likeness (QED) is 0.449. The number of nitro groups is 1. The molecule has 2 N–H and O–H groups in total. The molecule has 0 saturated carbocycles. The van der Waals surface area contributed by atoms with Crippen molar-refractivity contribution in [2.24, 2.45) is 0 Å². The van der Waals surface area contributed by atoms with E-state index >= 15 is 0 Å². The molecule has 1 aromatic carbocycles. The van der Waals surface area contributed by atoms with Crippen molar-refractivity contribution in [3.63, 3.8) is 0 Å². The van der Waals surface area contributed by atoms with Gasteiger partial charge >= 0.3 is 0 Å². The molecule has 0 amide bonds. The monoisotopic (exact) mass is 196 g/mol. The average molecular weight is 196 g/mol. The maximum atomic E-state index is 10.5. The van der Waals surface area contributed by atoms with Crippen LogP contribution in [0.4, 0.5) is 11.4 Å². The highest BCUT2D eigenvalue weighted by Gasteiger charge is 2.10. The average Bonchev–Trinajstić information content (AvgIpc) is 2.04. The molecular formula is C10H16N2O2. The number of benzene rings is 1. The van der Waals surface area contributed by atoms with Crippen LogP contribution in [0.1, 0.15) is 32.8 Å². The summed E-state index contributed by atoms with van der Waals surface area (Å²) in [6.07, 6.45) is 0. The van der Waals surface area contributed by atoms with E-state index in [0.717, 1.165) is 5.56 Å². The van der Waals surface area contributed by atoms with Crippen molar-refractivity contribution in [1.29, 1.82) is 0 Å². The smallest absolute Gasteiger partial charge is 0.269 e. The molecule has 0 aliphatic carbocycles. The molecule has 0 saturated heterocycles. The van der Waals surface area contributed by atoms with Crippen LogP contribution in [0.5, 0.6) is 0 Å². The Hall–Kier alpha value is -1.58. The van der Waals surface area contributed by atoms with E-state index in [-0.39, 0.29) is 19.0 Å². The lowest BCUT2D eigenvalue weighted by atomic mass is 10.0. The third kappa shape index (κ3) is 2.45. The lowest BCUT2D eigenvalue weighted by molar-refractivity contribution is -0.384. The molecule has 1 aromatic rings. The Morgan fingerprint density at radius 2 is 2.00 bits per heavy atom. The Kier molecular flexibility index (Phi) is 4.08. The largest absolute Gasteiger partial charge is 0.398 e. The van der Waals surface area contributed by atoms with Crippen molar-refractivity contribution < 1.29 is 4.92 Å². The molecular weight excluding hydrogens is 180 g/mol. The van der Waals surface area contributed by atoms with Crippen LogP contribution in [-0.2, 0) is 0 Å². The highest BCUT2D eigenvalue weighted by molar-refractivity contribution is 5.53. The maximum Gasteiger partial charge on any atom is 0.269 e. The van der Waals surface area contributed by atoms with Crippen LogP contribution in [0, 0.1) is 10.1 Å². The second kappa shape index (κ2) is 4.60. The van der Waals surface area contributed by atoms with E-state index in [2.05, 4.69) is 0 Å². The van der Waals surface area contributed by atoms with Gasteiger partial charge in [0, 0.05) is 17.8 Å². The van der Waals surface area contributed by atoms with Gasteiger partial charge in [0.25, 0.3) is 5.69 Å². The Balaban J connectivity index is 0.00000169. The van der Waals surface area contributed by atoms with E-state index in [1.807, 2.05) is 13.8 Å². The summed E-state index contributed by atoms with van der Waals surface area (Å²) in [6, 6.07) is 4.52. The predicted octanol–water partition coefficient (Wildman–Crippen LogP) is 2.94. The minimum atomic E-state index is -0.411. The molecule has 0 atom stereocenters. The van der Waals surface area contributed by atoms with E-state index in [9.17, 15) is 10.1 Å². The Labute approximate surface area is 83.9 Å². The van der Waals surface area contributed by atoms with Crippen molar-refractivity contribution in [2.45, 2.75) is 27.2 Å². The molecule has 4 heteroatoms. The molecule has 0 heterocycles. The normalized spacial score (nSPS) is 9.64. The topological polar surface area (TPSA) is 69.2 Å². The van der Waals surface area contributed by atoms with Crippen LogP contribution in [0.25, 0.3) is 0 Å². The second-order valence-corrected chi connectivity index (χ2v) is 3.23. The molecule has 0 radical (unpaired) electrons. The molecule has 0 fully saturated rings. The molecule has 78 valence electrons. The summed E-state index contributed by atoms with van der Waals surface area (Å²) in [5.74, 6) is 0.208. The number of nitrogens with zero attached hydrogens (tertiary/aromatic N) is 1. The Morgan fingerprint density at radius 3 is 2.43 bits per heavy atom. The molecule has 0 bridgehead atoms. The molecule has 0 unspecified atom stereocenters. The molecule has 1 rings (SSSR count). The number of nitrogens with two attached hydrogens (primary N) is 1. The van der Waals surface area contributed by atoms with Gasteiger partial charge in [-0.25, -0.2) is 0 Å². The fraction of sp³-hybridized carbons (Fsp3) is 0.400. The summed E-state index contributed by atoms with van der Waals surface area (Å²) in [5.41, 5.74) is 7.20. The predicted molar refractivity (Wildman–Crippen MR) is 58.3 cm³/mol. The van der Waals surface area contributed by atoms with Gasteiger partial charge < -0.3 is 5.73 Å². The van der Waals surface area contributed by atoms with Gasteiger partial charge in [-0.3, -0.25) is 10.1 Å². The van der Waals surface area contributed by atoms with Crippen molar-refractivity contribution in [3.8, 4) is 0 Å². The molecule has 0 aromatic heterocycles. The lowest BCUT2D eigenvalue weighted by Gasteiger charge is -2.07. The number of nitro benzene ring substituents is 1. The van der Waals surface area contributed by atoms with Crippen LogP contribution < -0.4 is 5.73 Å². The van der Waals surface area contributed by atoms with E-state index in [0.29, 0.717) is 5.69 Å². The summed E-state index contributed by atoms with van der Waals surface area (Å²) in [7, 11) is 0. The van der Waals surface area contributed by atoms with Crippen molar-refractivity contribution in [3.05, 3.63) is 33.9 Å². The lowest BCUT2D eigenvalue weighted by Crippen LogP contribution is -1.98. The summed E-state index contributed by atoms with van der Waals surface area (Å²) < 4.78 is 0.